The van der Waals surface area contributed by atoms with E-state index in [0.717, 1.165) is 26.1 Å². The first-order valence-electron chi connectivity index (χ1n) is 5.85. The van der Waals surface area contributed by atoms with Crippen LogP contribution in [0, 0.1) is 11.3 Å². The van der Waals surface area contributed by atoms with Crippen LogP contribution in [0.3, 0.4) is 0 Å². The zero-order valence-electron chi connectivity index (χ0n) is 9.70. The van der Waals surface area contributed by atoms with Crippen LogP contribution in [0.1, 0.15) is 30.9 Å². The largest absolute Gasteiger partial charge is 0.379 e. The lowest BCUT2D eigenvalue weighted by atomic mass is 9.75. The van der Waals surface area contributed by atoms with Crippen LogP contribution < -0.4 is 0 Å². The predicted octanol–water partition coefficient (Wildman–Crippen LogP) is 2.82. The van der Waals surface area contributed by atoms with Gasteiger partial charge in [0, 0.05) is 11.8 Å². The molecule has 1 saturated heterocycles. The third kappa shape index (κ3) is 1.96. The minimum Gasteiger partial charge on any atom is -0.379 e. The summed E-state index contributed by atoms with van der Waals surface area (Å²) in [6.45, 7) is 3.69. The van der Waals surface area contributed by atoms with Gasteiger partial charge < -0.3 is 4.74 Å². The molecule has 1 aromatic rings. The van der Waals surface area contributed by atoms with E-state index in [2.05, 4.69) is 37.3 Å². The maximum Gasteiger partial charge on any atom is 0.0622 e. The van der Waals surface area contributed by atoms with Gasteiger partial charge in [0.2, 0.25) is 0 Å². The van der Waals surface area contributed by atoms with E-state index in [-0.39, 0.29) is 5.41 Å². The monoisotopic (exact) mass is 215 g/mol. The lowest BCUT2D eigenvalue weighted by Crippen LogP contribution is -2.46. The van der Waals surface area contributed by atoms with Crippen molar-refractivity contribution in [1.82, 2.24) is 0 Å². The topological polar surface area (TPSA) is 33.0 Å². The van der Waals surface area contributed by atoms with Crippen LogP contribution in [0.5, 0.6) is 0 Å². The number of nitrogens with zero attached hydrogens (tertiary/aromatic N) is 1. The molecule has 1 aliphatic heterocycles. The molecule has 0 N–H and O–H groups in total. The summed E-state index contributed by atoms with van der Waals surface area (Å²) in [6, 6.07) is 11.0. The Morgan fingerprint density at radius 3 is 2.44 bits per heavy atom. The van der Waals surface area contributed by atoms with Crippen molar-refractivity contribution in [3.63, 3.8) is 0 Å². The van der Waals surface area contributed by atoms with Gasteiger partial charge in [-0.2, -0.15) is 5.26 Å². The Morgan fingerprint density at radius 1 is 1.31 bits per heavy atom. The number of rotatable bonds is 4. The van der Waals surface area contributed by atoms with Gasteiger partial charge in [-0.25, -0.2) is 0 Å². The highest BCUT2D eigenvalue weighted by molar-refractivity contribution is 5.31. The van der Waals surface area contributed by atoms with Crippen LogP contribution in [-0.2, 0) is 16.6 Å². The van der Waals surface area contributed by atoms with Crippen LogP contribution in [-0.4, -0.2) is 13.2 Å². The summed E-state index contributed by atoms with van der Waals surface area (Å²) in [6.07, 6.45) is 2.59. The minimum atomic E-state index is 0.113. The van der Waals surface area contributed by atoms with E-state index in [1.54, 1.807) is 0 Å². The fourth-order valence-electron chi connectivity index (χ4n) is 2.19. The molecule has 0 saturated carbocycles. The number of hydrogen-bond donors (Lipinski definition) is 0. The standard InChI is InChI=1S/C14H17NO/c1-2-12-4-6-13(7-5-12)14(8-3-9-15)10-16-11-14/h4-7H,2-3,8,10-11H2,1H3. The number of aryl methyl sites for hydroxylation is 1. The molecule has 0 radical (unpaired) electrons. The third-order valence-corrected chi connectivity index (χ3v) is 3.45. The van der Waals surface area contributed by atoms with Gasteiger partial charge in [0.05, 0.1) is 19.3 Å². The van der Waals surface area contributed by atoms with E-state index in [9.17, 15) is 0 Å². The second-order valence-electron chi connectivity index (χ2n) is 4.48. The van der Waals surface area contributed by atoms with Gasteiger partial charge >= 0.3 is 0 Å². The van der Waals surface area contributed by atoms with Crippen molar-refractivity contribution >= 4 is 0 Å². The van der Waals surface area contributed by atoms with Gasteiger partial charge in [-0.15, -0.1) is 0 Å². The van der Waals surface area contributed by atoms with Crippen molar-refractivity contribution in [3.05, 3.63) is 35.4 Å². The minimum absolute atomic E-state index is 0.113. The van der Waals surface area contributed by atoms with E-state index in [4.69, 9.17) is 10.00 Å². The first kappa shape index (κ1) is 11.2. The van der Waals surface area contributed by atoms with Gasteiger partial charge in [0.1, 0.15) is 0 Å². The molecule has 1 heterocycles. The number of hydrogen-bond acceptors (Lipinski definition) is 2. The Balaban J connectivity index is 2.16. The van der Waals surface area contributed by atoms with E-state index < -0.39 is 0 Å². The highest BCUT2D eigenvalue weighted by Crippen LogP contribution is 2.36. The van der Waals surface area contributed by atoms with E-state index in [1.165, 1.54) is 11.1 Å². The Hall–Kier alpha value is -1.33. The number of nitriles is 1. The molecule has 1 fully saturated rings. The smallest absolute Gasteiger partial charge is 0.0622 e. The summed E-state index contributed by atoms with van der Waals surface area (Å²) < 4.78 is 5.34. The molecule has 2 rings (SSSR count). The molecule has 2 heteroatoms. The van der Waals surface area contributed by atoms with E-state index in [0.29, 0.717) is 6.42 Å². The molecule has 0 aliphatic carbocycles. The number of benzene rings is 1. The molecule has 0 amide bonds. The Bertz CT molecular complexity index is 384. The third-order valence-electron chi connectivity index (χ3n) is 3.45. The fraction of sp³-hybridized carbons (Fsp3) is 0.500. The van der Waals surface area contributed by atoms with E-state index in [1.807, 2.05) is 0 Å². The second kappa shape index (κ2) is 4.67. The fourth-order valence-corrected chi connectivity index (χ4v) is 2.19. The molecule has 0 aromatic heterocycles. The van der Waals surface area contributed by atoms with Crippen LogP contribution in [0.4, 0.5) is 0 Å². The maximum absolute atomic E-state index is 8.69. The SMILES string of the molecule is CCc1ccc(C2(CCC#N)COC2)cc1. The molecule has 1 aliphatic rings. The van der Waals surface area contributed by atoms with Gasteiger partial charge in [-0.1, -0.05) is 31.2 Å². The van der Waals surface area contributed by atoms with Crippen LogP contribution >= 0.6 is 0 Å². The van der Waals surface area contributed by atoms with Crippen molar-refractivity contribution < 1.29 is 4.74 Å². The van der Waals surface area contributed by atoms with Crippen molar-refractivity contribution in [3.8, 4) is 6.07 Å². The second-order valence-corrected chi connectivity index (χ2v) is 4.48. The van der Waals surface area contributed by atoms with Gasteiger partial charge in [0.25, 0.3) is 0 Å². The summed E-state index contributed by atoms with van der Waals surface area (Å²) >= 11 is 0. The zero-order valence-corrected chi connectivity index (χ0v) is 9.70. The molecule has 0 unspecified atom stereocenters. The predicted molar refractivity (Wildman–Crippen MR) is 63.2 cm³/mol. The van der Waals surface area contributed by atoms with Crippen molar-refractivity contribution in [2.75, 3.05) is 13.2 Å². The average Bonchev–Trinajstić information content (AvgIpc) is 2.29. The summed E-state index contributed by atoms with van der Waals surface area (Å²) in [4.78, 5) is 0. The molecule has 0 atom stereocenters. The summed E-state index contributed by atoms with van der Waals surface area (Å²) in [5, 5.41) is 8.69. The molecule has 2 nitrogen and oxygen atoms in total. The van der Waals surface area contributed by atoms with Crippen LogP contribution in [0.25, 0.3) is 0 Å². The average molecular weight is 215 g/mol. The summed E-state index contributed by atoms with van der Waals surface area (Å²) in [5.74, 6) is 0. The lowest BCUT2D eigenvalue weighted by Gasteiger charge is -2.41. The first-order valence-corrected chi connectivity index (χ1v) is 5.85. The maximum atomic E-state index is 8.69. The molecular weight excluding hydrogens is 198 g/mol. The van der Waals surface area contributed by atoms with Crippen LogP contribution in [0.2, 0.25) is 0 Å². The van der Waals surface area contributed by atoms with Crippen molar-refractivity contribution in [2.45, 2.75) is 31.6 Å². The summed E-state index contributed by atoms with van der Waals surface area (Å²) in [7, 11) is 0. The number of ether oxygens (including phenoxy) is 1. The lowest BCUT2D eigenvalue weighted by molar-refractivity contribution is -0.0637. The molecule has 16 heavy (non-hydrogen) atoms. The highest BCUT2D eigenvalue weighted by Gasteiger charge is 2.39. The quantitative estimate of drug-likeness (QED) is 0.773. The summed E-state index contributed by atoms with van der Waals surface area (Å²) in [5.41, 5.74) is 2.80. The van der Waals surface area contributed by atoms with Crippen LogP contribution in [0.15, 0.2) is 24.3 Å². The molecule has 84 valence electrons. The Morgan fingerprint density at radius 2 is 2.00 bits per heavy atom. The van der Waals surface area contributed by atoms with E-state index >= 15 is 0 Å². The molecule has 0 spiro atoms. The Labute approximate surface area is 96.9 Å². The first-order chi connectivity index (χ1) is 7.80. The zero-order chi connectivity index (χ0) is 11.4. The molecule has 0 bridgehead atoms. The molecular formula is C14H17NO. The van der Waals surface area contributed by atoms with Gasteiger partial charge in [0.15, 0.2) is 0 Å². The molecule has 1 aromatic carbocycles. The normalized spacial score (nSPS) is 17.5. The van der Waals surface area contributed by atoms with Crippen molar-refractivity contribution in [2.24, 2.45) is 0 Å². The van der Waals surface area contributed by atoms with Gasteiger partial charge in [-0.05, 0) is 24.0 Å². The highest BCUT2D eigenvalue weighted by atomic mass is 16.5. The Kier molecular flexibility index (Phi) is 3.26. The van der Waals surface area contributed by atoms with Crippen molar-refractivity contribution in [1.29, 1.82) is 5.26 Å². The van der Waals surface area contributed by atoms with Gasteiger partial charge in [-0.3, -0.25) is 0 Å².